The van der Waals surface area contributed by atoms with Crippen molar-refractivity contribution in [3.63, 3.8) is 0 Å². The quantitative estimate of drug-likeness (QED) is 0.270. The maximum absolute atomic E-state index is 14.9. The van der Waals surface area contributed by atoms with Gasteiger partial charge in [0.2, 0.25) is 0 Å². The van der Waals surface area contributed by atoms with E-state index in [1.54, 1.807) is 18.3 Å². The van der Waals surface area contributed by atoms with E-state index < -0.39 is 17.8 Å². The van der Waals surface area contributed by atoms with Crippen molar-refractivity contribution in [3.05, 3.63) is 106 Å². The molecule has 0 radical (unpaired) electrons. The first-order valence-electron chi connectivity index (χ1n) is 10.8. The first kappa shape index (κ1) is 21.9. The molecule has 0 aromatic heterocycles. The van der Waals surface area contributed by atoms with Crippen LogP contribution >= 0.6 is 7.44 Å². The molecule has 3 aromatic carbocycles. The summed E-state index contributed by atoms with van der Waals surface area (Å²) in [7, 11) is -1.56. The number of benzene rings is 3. The maximum Gasteiger partial charge on any atom is 0.313 e. The Bertz CT molecular complexity index is 1380. The van der Waals surface area contributed by atoms with Gasteiger partial charge in [0.1, 0.15) is 0 Å². The second-order valence-electron chi connectivity index (χ2n) is 8.80. The fraction of sp³-hybridized carbons (Fsp3) is 0.160. The molecule has 2 heterocycles. The zero-order valence-corrected chi connectivity index (χ0v) is 19.9. The lowest BCUT2D eigenvalue weighted by Crippen LogP contribution is -2.26. The van der Waals surface area contributed by atoms with E-state index in [9.17, 15) is 14.7 Å². The number of anilines is 3. The summed E-state index contributed by atoms with van der Waals surface area (Å²) in [4.78, 5) is 12.7. The van der Waals surface area contributed by atoms with Crippen molar-refractivity contribution >= 4 is 36.4 Å². The van der Waals surface area contributed by atoms with Gasteiger partial charge in [-0.1, -0.05) is 50.2 Å². The van der Waals surface area contributed by atoms with Gasteiger partial charge in [-0.25, -0.2) is 0 Å². The number of hydrazone groups is 1. The molecule has 2 aliphatic rings. The monoisotopic (exact) mass is 473 g/mol. The number of fused-ring (bicyclic) bond motifs is 1. The lowest BCUT2D eigenvalue weighted by atomic mass is 9.84. The third-order valence-corrected chi connectivity index (χ3v) is 8.75. The second kappa shape index (κ2) is 7.85. The minimum absolute atomic E-state index is 0.0305. The minimum atomic E-state index is -3.54. The number of non-ortho nitro benzene ring substituents is 1. The summed E-state index contributed by atoms with van der Waals surface area (Å²) in [6.45, 7) is 4.24. The van der Waals surface area contributed by atoms with Crippen LogP contribution in [0.2, 0.25) is 0 Å². The summed E-state index contributed by atoms with van der Waals surface area (Å²) in [6, 6.07) is 23.4. The number of nitrogens with one attached hydrogen (secondary N) is 1. The van der Waals surface area contributed by atoms with Crippen molar-refractivity contribution in [1.82, 2.24) is 0 Å². The van der Waals surface area contributed by atoms with Crippen LogP contribution in [0.1, 0.15) is 19.4 Å². The highest BCUT2D eigenvalue weighted by Gasteiger charge is 2.48. The highest BCUT2D eigenvalue weighted by molar-refractivity contribution is 7.72. The largest absolute Gasteiger partial charge is 0.346 e. The van der Waals surface area contributed by atoms with E-state index in [0.29, 0.717) is 16.7 Å². The first-order chi connectivity index (χ1) is 16.2. The van der Waals surface area contributed by atoms with Crippen molar-refractivity contribution in [3.8, 4) is 0 Å². The molecule has 8 nitrogen and oxygen atoms in total. The molecule has 0 saturated heterocycles. The van der Waals surface area contributed by atoms with Gasteiger partial charge in [0.25, 0.3) is 5.69 Å². The van der Waals surface area contributed by atoms with E-state index in [-0.39, 0.29) is 5.69 Å². The molecule has 0 saturated carbocycles. The highest BCUT2D eigenvalue weighted by atomic mass is 31.2. The predicted octanol–water partition coefficient (Wildman–Crippen LogP) is 6.35. The van der Waals surface area contributed by atoms with Crippen LogP contribution in [0.5, 0.6) is 0 Å². The molecule has 0 bridgehead atoms. The van der Waals surface area contributed by atoms with E-state index in [0.717, 1.165) is 16.9 Å². The van der Waals surface area contributed by atoms with Crippen LogP contribution < -0.4 is 14.8 Å². The van der Waals surface area contributed by atoms with E-state index in [4.69, 9.17) is 0 Å². The first-order valence-corrected chi connectivity index (χ1v) is 12.5. The third-order valence-electron chi connectivity index (χ3n) is 6.34. The molecule has 0 spiro atoms. The van der Waals surface area contributed by atoms with Gasteiger partial charge in [0, 0.05) is 41.7 Å². The third kappa shape index (κ3) is 3.30. The van der Waals surface area contributed by atoms with Crippen molar-refractivity contribution in [2.24, 2.45) is 5.10 Å². The number of para-hydroxylation sites is 2. The molecule has 1 N–H and O–H groups in total. The predicted molar refractivity (Wildman–Crippen MR) is 137 cm³/mol. The summed E-state index contributed by atoms with van der Waals surface area (Å²) in [5.41, 5.74) is 3.85. The van der Waals surface area contributed by atoms with Gasteiger partial charge in [0.05, 0.1) is 22.1 Å². The number of hydrogen-bond acceptors (Lipinski definition) is 5. The summed E-state index contributed by atoms with van der Waals surface area (Å²) in [5.74, 6) is 0. The smallest absolute Gasteiger partial charge is 0.313 e. The Kier molecular flexibility index (Phi) is 5.06. The molecule has 0 aliphatic carbocycles. The molecule has 9 heteroatoms. The van der Waals surface area contributed by atoms with Crippen LogP contribution in [0.25, 0.3) is 0 Å². The van der Waals surface area contributed by atoms with Gasteiger partial charge in [0.15, 0.2) is 0 Å². The Labute approximate surface area is 197 Å². The molecule has 172 valence electrons. The van der Waals surface area contributed by atoms with Gasteiger partial charge < -0.3 is 9.99 Å². The normalized spacial score (nSPS) is 22.7. The zero-order valence-electron chi connectivity index (χ0n) is 19.0. The summed E-state index contributed by atoms with van der Waals surface area (Å²) in [6.07, 6.45) is 1.67. The van der Waals surface area contributed by atoms with Crippen molar-refractivity contribution in [1.29, 1.82) is 0 Å². The Morgan fingerprint density at radius 2 is 1.62 bits per heavy atom. The van der Waals surface area contributed by atoms with Gasteiger partial charge in [-0.15, -0.1) is 0 Å². The average molecular weight is 473 g/mol. The summed E-state index contributed by atoms with van der Waals surface area (Å²) >= 11 is 0. The Hall–Kier alpha value is -3.90. The van der Waals surface area contributed by atoms with Gasteiger partial charge in [-0.3, -0.25) is 14.7 Å². The number of rotatable bonds is 4. The number of allylic oxidation sites excluding steroid dienone is 2. The summed E-state index contributed by atoms with van der Waals surface area (Å²) < 4.78 is 16.4. The molecule has 5 rings (SSSR count). The van der Waals surface area contributed by atoms with Crippen LogP contribution in [-0.2, 0) is 9.98 Å². The Morgan fingerprint density at radius 1 is 0.971 bits per heavy atom. The molecule has 0 amide bonds. The zero-order chi connectivity index (χ0) is 24.1. The molecule has 0 fully saturated rings. The molecule has 1 atom stereocenters. The number of hydrogen-bond donors (Lipinski definition) is 1. The van der Waals surface area contributed by atoms with E-state index >= 15 is 0 Å². The van der Waals surface area contributed by atoms with Crippen LogP contribution in [0.15, 0.2) is 95.0 Å². The van der Waals surface area contributed by atoms with Crippen molar-refractivity contribution < 1.29 is 9.49 Å². The molecule has 2 aliphatic heterocycles. The lowest BCUT2D eigenvalue weighted by molar-refractivity contribution is -0.384. The summed E-state index contributed by atoms with van der Waals surface area (Å²) in [5, 5.41) is 19.5. The molecule has 1 unspecified atom stereocenters. The van der Waals surface area contributed by atoms with E-state index in [2.05, 4.69) is 41.1 Å². The Morgan fingerprint density at radius 3 is 2.26 bits per heavy atom. The van der Waals surface area contributed by atoms with E-state index in [1.165, 1.54) is 16.9 Å². The second-order valence-corrected chi connectivity index (χ2v) is 11.0. The molecular weight excluding hydrogens is 449 g/mol. The molecule has 3 aromatic rings. The highest BCUT2D eigenvalue weighted by Crippen LogP contribution is 2.64. The fourth-order valence-corrected chi connectivity index (χ4v) is 7.25. The lowest BCUT2D eigenvalue weighted by Gasteiger charge is -2.31. The minimum Gasteiger partial charge on any atom is -0.346 e. The van der Waals surface area contributed by atoms with Crippen LogP contribution in [0.4, 0.5) is 22.7 Å². The van der Waals surface area contributed by atoms with Gasteiger partial charge in [-0.05, 0) is 35.9 Å². The van der Waals surface area contributed by atoms with Crippen LogP contribution in [0, 0.1) is 10.1 Å². The van der Waals surface area contributed by atoms with Gasteiger partial charge in [-0.2, -0.15) is 9.88 Å². The number of nitro benzene ring substituents is 1. The topological polar surface area (TPSA) is 91.1 Å². The standard InChI is InChI=1S/C25H24N5O3P/c1-25(2)21-11-7-8-12-22(21)28(3)24(25)23-17-26-29(19-9-5-4-6-10-19)34(23,33)27-18-13-15-20(16-14-18)30(31)32/h4-17H,1-3H3,(H,27,33)/b24-23+. The van der Waals surface area contributed by atoms with E-state index in [1.807, 2.05) is 49.5 Å². The van der Waals surface area contributed by atoms with Crippen molar-refractivity contribution in [2.75, 3.05) is 21.8 Å². The van der Waals surface area contributed by atoms with Crippen molar-refractivity contribution in [2.45, 2.75) is 19.3 Å². The number of nitro groups is 1. The molecular formula is C25H24N5O3P. The fourth-order valence-electron chi connectivity index (χ4n) is 4.75. The number of likely N-dealkylation sites (N-methyl/N-ethyl adjacent to an activating group) is 1. The van der Waals surface area contributed by atoms with Crippen LogP contribution in [0.3, 0.4) is 0 Å². The maximum atomic E-state index is 14.9. The van der Waals surface area contributed by atoms with Crippen LogP contribution in [-0.4, -0.2) is 18.2 Å². The number of nitrogens with zero attached hydrogens (tertiary/aromatic N) is 4. The SMILES string of the molecule is CN1/C(=C2\C=NN(c3ccccc3)P2(=O)Nc2ccc([N+](=O)[O-])cc2)C(C)(C)c2ccccc21. The average Bonchev–Trinajstić information content (AvgIpc) is 3.25. The van der Waals surface area contributed by atoms with Gasteiger partial charge >= 0.3 is 7.44 Å². The molecule has 34 heavy (non-hydrogen) atoms. The Balaban J connectivity index is 1.67.